The van der Waals surface area contributed by atoms with E-state index in [2.05, 4.69) is 4.98 Å². The molecule has 0 unspecified atom stereocenters. The van der Waals surface area contributed by atoms with Crippen LogP contribution < -0.4 is 0 Å². The molecule has 0 saturated heterocycles. The molecule has 0 bridgehead atoms. The van der Waals surface area contributed by atoms with Gasteiger partial charge in [-0.05, 0) is 36.8 Å². The minimum atomic E-state index is -0.994. The minimum absolute atomic E-state index is 0.175. The molecule has 1 N–H and O–H groups in total. The average molecular weight is 274 g/mol. The summed E-state index contributed by atoms with van der Waals surface area (Å²) in [5, 5.41) is 9.72. The molecule has 0 atom stereocenters. The van der Waals surface area contributed by atoms with Crippen LogP contribution in [0.25, 0.3) is 12.2 Å². The van der Waals surface area contributed by atoms with Crippen LogP contribution in [0.2, 0.25) is 5.02 Å². The van der Waals surface area contributed by atoms with Gasteiger partial charge in [0.25, 0.3) is 0 Å². The van der Waals surface area contributed by atoms with Gasteiger partial charge in [-0.1, -0.05) is 35.9 Å². The lowest BCUT2D eigenvalue weighted by molar-refractivity contribution is 0.0696. The van der Waals surface area contributed by atoms with E-state index in [1.165, 1.54) is 0 Å². The van der Waals surface area contributed by atoms with Crippen molar-refractivity contribution in [2.45, 2.75) is 6.92 Å². The van der Waals surface area contributed by atoms with Gasteiger partial charge in [0, 0.05) is 10.7 Å². The number of aromatic carboxylic acids is 1. The Balaban J connectivity index is 2.41. The Morgan fingerprint density at radius 2 is 1.95 bits per heavy atom. The lowest BCUT2D eigenvalue weighted by Gasteiger charge is -2.02. The number of rotatable bonds is 3. The van der Waals surface area contributed by atoms with Crippen LogP contribution in [0.4, 0.5) is 0 Å². The van der Waals surface area contributed by atoms with Gasteiger partial charge in [-0.15, -0.1) is 0 Å². The molecule has 0 amide bonds. The van der Waals surface area contributed by atoms with Gasteiger partial charge in [0.1, 0.15) is 0 Å². The van der Waals surface area contributed by atoms with Crippen molar-refractivity contribution in [3.8, 4) is 0 Å². The number of halogens is 1. The highest BCUT2D eigenvalue weighted by Gasteiger charge is 2.09. The van der Waals surface area contributed by atoms with E-state index in [1.54, 1.807) is 30.4 Å². The second-order valence-corrected chi connectivity index (χ2v) is 4.45. The average Bonchev–Trinajstić information content (AvgIpc) is 2.37. The summed E-state index contributed by atoms with van der Waals surface area (Å²) in [6.45, 7) is 1.82. The molecule has 1 aromatic heterocycles. The van der Waals surface area contributed by atoms with Crippen LogP contribution in [-0.2, 0) is 0 Å². The Hall–Kier alpha value is -2.13. The normalized spacial score (nSPS) is 10.8. The molecule has 0 aliphatic rings. The van der Waals surface area contributed by atoms with Crippen LogP contribution in [0, 0.1) is 6.92 Å². The van der Waals surface area contributed by atoms with Gasteiger partial charge >= 0.3 is 5.97 Å². The third-order valence-electron chi connectivity index (χ3n) is 2.62. The second-order valence-electron chi connectivity index (χ2n) is 4.05. The number of aromatic nitrogens is 1. The van der Waals surface area contributed by atoms with Crippen molar-refractivity contribution in [2.24, 2.45) is 0 Å². The molecule has 4 heteroatoms. The van der Waals surface area contributed by atoms with E-state index < -0.39 is 5.97 Å². The summed E-state index contributed by atoms with van der Waals surface area (Å²) in [5.41, 5.74) is 2.19. The topological polar surface area (TPSA) is 50.2 Å². The van der Waals surface area contributed by atoms with E-state index in [1.807, 2.05) is 25.1 Å². The number of aryl methyl sites for hydroxylation is 1. The second kappa shape index (κ2) is 5.67. The van der Waals surface area contributed by atoms with E-state index in [-0.39, 0.29) is 5.56 Å². The summed E-state index contributed by atoms with van der Waals surface area (Å²) in [7, 11) is 0. The quantitative estimate of drug-likeness (QED) is 0.922. The van der Waals surface area contributed by atoms with Crippen LogP contribution >= 0.6 is 11.6 Å². The third kappa shape index (κ3) is 3.20. The first kappa shape index (κ1) is 13.3. The lowest BCUT2D eigenvalue weighted by Crippen LogP contribution is -2.02. The summed E-state index contributed by atoms with van der Waals surface area (Å²) in [6, 6.07) is 10.6. The van der Waals surface area contributed by atoms with Gasteiger partial charge in [-0.2, -0.15) is 0 Å². The van der Waals surface area contributed by atoms with E-state index >= 15 is 0 Å². The van der Waals surface area contributed by atoms with Crippen molar-refractivity contribution in [3.05, 3.63) is 63.9 Å². The Bertz CT molecular complexity index is 650. The lowest BCUT2D eigenvalue weighted by atomic mass is 10.1. The molecule has 0 spiro atoms. The van der Waals surface area contributed by atoms with Crippen LogP contribution in [0.1, 0.15) is 27.3 Å². The molecule has 96 valence electrons. The first-order valence-electron chi connectivity index (χ1n) is 5.71. The van der Waals surface area contributed by atoms with E-state index in [0.717, 1.165) is 11.3 Å². The summed E-state index contributed by atoms with van der Waals surface area (Å²) in [6.07, 6.45) is 3.42. The standard InChI is InChI=1S/C15H12ClNO2/c1-10-6-8-12(15(18)19)14(17-10)9-7-11-4-2-3-5-13(11)16/h2-9H,1H3,(H,18,19). The zero-order valence-corrected chi connectivity index (χ0v) is 11.1. The Labute approximate surface area is 116 Å². The van der Waals surface area contributed by atoms with Crippen molar-refractivity contribution >= 4 is 29.7 Å². The van der Waals surface area contributed by atoms with Crippen molar-refractivity contribution < 1.29 is 9.90 Å². The molecule has 0 aliphatic carbocycles. The predicted molar refractivity (Wildman–Crippen MR) is 76.3 cm³/mol. The van der Waals surface area contributed by atoms with Gasteiger partial charge in [-0.3, -0.25) is 4.98 Å². The van der Waals surface area contributed by atoms with Gasteiger partial charge < -0.3 is 5.11 Å². The number of carboxylic acid groups (broad SMARTS) is 1. The summed E-state index contributed by atoms with van der Waals surface area (Å²) in [4.78, 5) is 15.3. The number of carbonyl (C=O) groups is 1. The fourth-order valence-corrected chi connectivity index (χ4v) is 1.86. The number of benzene rings is 1. The Morgan fingerprint density at radius 3 is 2.63 bits per heavy atom. The molecule has 2 aromatic rings. The first-order valence-corrected chi connectivity index (χ1v) is 6.09. The molecule has 3 nitrogen and oxygen atoms in total. The molecule has 1 heterocycles. The Kier molecular flexibility index (Phi) is 3.97. The number of carboxylic acids is 1. The highest BCUT2D eigenvalue weighted by molar-refractivity contribution is 6.32. The van der Waals surface area contributed by atoms with Gasteiger partial charge in [-0.25, -0.2) is 4.79 Å². The molecule has 0 radical (unpaired) electrons. The molecule has 0 fully saturated rings. The number of pyridine rings is 1. The highest BCUT2D eigenvalue weighted by Crippen LogP contribution is 2.18. The first-order chi connectivity index (χ1) is 9.08. The van der Waals surface area contributed by atoms with Crippen LogP contribution in [0.3, 0.4) is 0 Å². The van der Waals surface area contributed by atoms with E-state index in [9.17, 15) is 4.79 Å². The fourth-order valence-electron chi connectivity index (χ4n) is 1.66. The fraction of sp³-hybridized carbons (Fsp3) is 0.0667. The maximum Gasteiger partial charge on any atom is 0.337 e. The van der Waals surface area contributed by atoms with Gasteiger partial charge in [0.05, 0.1) is 11.3 Å². The molecular weight excluding hydrogens is 262 g/mol. The predicted octanol–water partition coefficient (Wildman–Crippen LogP) is 3.91. The monoisotopic (exact) mass is 273 g/mol. The molecule has 19 heavy (non-hydrogen) atoms. The molecule has 0 saturated carbocycles. The van der Waals surface area contributed by atoms with Gasteiger partial charge in [0.15, 0.2) is 0 Å². The van der Waals surface area contributed by atoms with Crippen LogP contribution in [0.5, 0.6) is 0 Å². The van der Waals surface area contributed by atoms with Crippen molar-refractivity contribution in [1.29, 1.82) is 0 Å². The SMILES string of the molecule is Cc1ccc(C(=O)O)c(C=Cc2ccccc2Cl)n1. The molecule has 0 aliphatic heterocycles. The highest BCUT2D eigenvalue weighted by atomic mass is 35.5. The summed E-state index contributed by atoms with van der Waals surface area (Å²) >= 11 is 6.04. The molecule has 2 rings (SSSR count). The largest absolute Gasteiger partial charge is 0.478 e. The molecular formula is C15H12ClNO2. The number of hydrogen-bond donors (Lipinski definition) is 1. The Morgan fingerprint density at radius 1 is 1.21 bits per heavy atom. The van der Waals surface area contributed by atoms with Crippen molar-refractivity contribution in [3.63, 3.8) is 0 Å². The van der Waals surface area contributed by atoms with E-state index in [4.69, 9.17) is 16.7 Å². The zero-order chi connectivity index (χ0) is 13.8. The summed E-state index contributed by atoms with van der Waals surface area (Å²) in [5.74, 6) is -0.994. The third-order valence-corrected chi connectivity index (χ3v) is 2.96. The number of hydrogen-bond acceptors (Lipinski definition) is 2. The van der Waals surface area contributed by atoms with Crippen LogP contribution in [0.15, 0.2) is 36.4 Å². The maximum absolute atomic E-state index is 11.1. The summed E-state index contributed by atoms with van der Waals surface area (Å²) < 4.78 is 0. The maximum atomic E-state index is 11.1. The van der Waals surface area contributed by atoms with Crippen LogP contribution in [-0.4, -0.2) is 16.1 Å². The molecule has 1 aromatic carbocycles. The van der Waals surface area contributed by atoms with Gasteiger partial charge in [0.2, 0.25) is 0 Å². The van der Waals surface area contributed by atoms with Crippen molar-refractivity contribution in [1.82, 2.24) is 4.98 Å². The zero-order valence-electron chi connectivity index (χ0n) is 10.3. The smallest absolute Gasteiger partial charge is 0.337 e. The minimum Gasteiger partial charge on any atom is -0.478 e. The van der Waals surface area contributed by atoms with E-state index in [0.29, 0.717) is 10.7 Å². The number of nitrogens with zero attached hydrogens (tertiary/aromatic N) is 1. The van der Waals surface area contributed by atoms with Crippen molar-refractivity contribution in [2.75, 3.05) is 0 Å².